The van der Waals surface area contributed by atoms with E-state index in [2.05, 4.69) is 27.6 Å². The van der Waals surface area contributed by atoms with Crippen molar-refractivity contribution in [3.8, 4) is 16.3 Å². The van der Waals surface area contributed by atoms with Gasteiger partial charge in [0.2, 0.25) is 0 Å². The van der Waals surface area contributed by atoms with Crippen LogP contribution in [-0.2, 0) is 0 Å². The Hall–Kier alpha value is -3.06. The Labute approximate surface area is 136 Å². The minimum Gasteiger partial charge on any atom is -0.508 e. The van der Waals surface area contributed by atoms with E-state index in [9.17, 15) is 9.90 Å². The van der Waals surface area contributed by atoms with E-state index in [1.165, 1.54) is 0 Å². The van der Waals surface area contributed by atoms with Crippen LogP contribution in [0.2, 0.25) is 0 Å². The summed E-state index contributed by atoms with van der Waals surface area (Å²) in [5, 5.41) is 18.2. The SMILES string of the molecule is C=C(NNC(=O)c1cc(-c2cccs2)[nH]n1)c1cccc(O)c1. The number of hydrogen-bond donors (Lipinski definition) is 4. The fourth-order valence-electron chi connectivity index (χ4n) is 1.96. The van der Waals surface area contributed by atoms with Crippen LogP contribution in [0, 0.1) is 0 Å². The Bertz CT molecular complexity index is 839. The molecule has 1 amide bonds. The number of aromatic nitrogens is 2. The molecule has 1 aromatic carbocycles. The smallest absolute Gasteiger partial charge is 0.290 e. The molecule has 3 rings (SSSR count). The van der Waals surface area contributed by atoms with E-state index in [1.54, 1.807) is 41.7 Å². The normalized spacial score (nSPS) is 10.3. The highest BCUT2D eigenvalue weighted by Gasteiger charge is 2.12. The molecule has 0 fully saturated rings. The first-order valence-corrected chi connectivity index (χ1v) is 7.65. The van der Waals surface area contributed by atoms with Gasteiger partial charge in [-0.1, -0.05) is 24.8 Å². The van der Waals surface area contributed by atoms with Gasteiger partial charge in [-0.05, 0) is 29.6 Å². The molecule has 0 spiro atoms. The van der Waals surface area contributed by atoms with Crippen LogP contribution >= 0.6 is 11.3 Å². The molecule has 0 aliphatic heterocycles. The van der Waals surface area contributed by atoms with Crippen LogP contribution in [0.15, 0.2) is 54.4 Å². The van der Waals surface area contributed by atoms with Gasteiger partial charge < -0.3 is 5.11 Å². The second-order valence-corrected chi connectivity index (χ2v) is 5.70. The highest BCUT2D eigenvalue weighted by Crippen LogP contribution is 2.22. The summed E-state index contributed by atoms with van der Waals surface area (Å²) in [6.07, 6.45) is 0. The van der Waals surface area contributed by atoms with Crippen LogP contribution in [0.1, 0.15) is 16.1 Å². The van der Waals surface area contributed by atoms with Crippen molar-refractivity contribution in [1.82, 2.24) is 21.0 Å². The minimum absolute atomic E-state index is 0.129. The third-order valence-electron chi connectivity index (χ3n) is 3.12. The Morgan fingerprint density at radius 2 is 2.09 bits per heavy atom. The zero-order valence-electron chi connectivity index (χ0n) is 12.0. The summed E-state index contributed by atoms with van der Waals surface area (Å²) in [4.78, 5) is 13.1. The average molecular weight is 326 g/mol. The summed E-state index contributed by atoms with van der Waals surface area (Å²) < 4.78 is 0. The molecule has 0 bridgehead atoms. The molecule has 2 aromatic heterocycles. The Balaban J connectivity index is 1.62. The largest absolute Gasteiger partial charge is 0.508 e. The van der Waals surface area contributed by atoms with Crippen molar-refractivity contribution in [3.05, 3.63) is 65.7 Å². The molecule has 0 saturated carbocycles. The Kier molecular flexibility index (Phi) is 4.11. The molecule has 116 valence electrons. The maximum absolute atomic E-state index is 12.1. The second-order valence-electron chi connectivity index (χ2n) is 4.75. The van der Waals surface area contributed by atoms with E-state index in [4.69, 9.17) is 0 Å². The molecule has 0 saturated heterocycles. The second kappa shape index (κ2) is 6.37. The molecule has 0 atom stereocenters. The quantitative estimate of drug-likeness (QED) is 0.543. The lowest BCUT2D eigenvalue weighted by molar-refractivity contribution is 0.0937. The van der Waals surface area contributed by atoms with Gasteiger partial charge in [0.25, 0.3) is 5.91 Å². The van der Waals surface area contributed by atoms with Crippen molar-refractivity contribution in [2.45, 2.75) is 0 Å². The monoisotopic (exact) mass is 326 g/mol. The number of aromatic hydroxyl groups is 1. The van der Waals surface area contributed by atoms with Gasteiger partial charge in [0.1, 0.15) is 5.75 Å². The number of carbonyl (C=O) groups excluding carboxylic acids is 1. The number of hydrogen-bond acceptors (Lipinski definition) is 5. The molecule has 7 heteroatoms. The average Bonchev–Trinajstić information content (AvgIpc) is 3.22. The number of benzene rings is 1. The molecule has 2 heterocycles. The van der Waals surface area contributed by atoms with Crippen molar-refractivity contribution < 1.29 is 9.90 Å². The topological polar surface area (TPSA) is 90.0 Å². The van der Waals surface area contributed by atoms with E-state index in [0.717, 1.165) is 10.6 Å². The number of H-pyrrole nitrogens is 1. The summed E-state index contributed by atoms with van der Waals surface area (Å²) in [5.41, 5.74) is 7.43. The van der Waals surface area contributed by atoms with Crippen molar-refractivity contribution in [2.24, 2.45) is 0 Å². The zero-order valence-corrected chi connectivity index (χ0v) is 12.9. The van der Waals surface area contributed by atoms with Crippen molar-refractivity contribution in [1.29, 1.82) is 0 Å². The number of rotatable bonds is 5. The van der Waals surface area contributed by atoms with Gasteiger partial charge in [-0.3, -0.25) is 20.7 Å². The highest BCUT2D eigenvalue weighted by molar-refractivity contribution is 7.13. The number of nitrogens with zero attached hydrogens (tertiary/aromatic N) is 1. The maximum atomic E-state index is 12.1. The van der Waals surface area contributed by atoms with Crippen LogP contribution < -0.4 is 10.9 Å². The molecule has 0 unspecified atom stereocenters. The standard InChI is InChI=1S/C16H14N4O2S/c1-10(11-4-2-5-12(21)8-11)17-20-16(22)14-9-13(18-19-14)15-6-3-7-23-15/h2-9,17,21H,1H2,(H,18,19)(H,20,22). The predicted octanol–water partition coefficient (Wildman–Crippen LogP) is 2.75. The molecule has 0 aliphatic rings. The van der Waals surface area contributed by atoms with Crippen LogP contribution in [-0.4, -0.2) is 21.2 Å². The van der Waals surface area contributed by atoms with Crippen molar-refractivity contribution >= 4 is 22.9 Å². The first-order chi connectivity index (χ1) is 11.1. The predicted molar refractivity (Wildman–Crippen MR) is 89.6 cm³/mol. The zero-order chi connectivity index (χ0) is 16.2. The Morgan fingerprint density at radius 3 is 2.83 bits per heavy atom. The number of aromatic amines is 1. The fraction of sp³-hybridized carbons (Fsp3) is 0. The molecule has 23 heavy (non-hydrogen) atoms. The van der Waals surface area contributed by atoms with Gasteiger partial charge in [-0.25, -0.2) is 0 Å². The summed E-state index contributed by atoms with van der Waals surface area (Å²) in [5.74, 6) is -0.255. The third-order valence-corrected chi connectivity index (χ3v) is 4.02. The molecule has 4 N–H and O–H groups in total. The number of phenolic OH excluding ortho intramolecular Hbond substituents is 1. The van der Waals surface area contributed by atoms with E-state index in [-0.39, 0.29) is 17.4 Å². The van der Waals surface area contributed by atoms with Crippen LogP contribution in [0.4, 0.5) is 0 Å². The third kappa shape index (κ3) is 3.41. The van der Waals surface area contributed by atoms with Crippen molar-refractivity contribution in [3.63, 3.8) is 0 Å². The summed E-state index contributed by atoms with van der Waals surface area (Å²) in [6, 6.07) is 12.1. The minimum atomic E-state index is -0.384. The highest BCUT2D eigenvalue weighted by atomic mass is 32.1. The van der Waals surface area contributed by atoms with Crippen molar-refractivity contribution in [2.75, 3.05) is 0 Å². The molecule has 0 radical (unpaired) electrons. The lowest BCUT2D eigenvalue weighted by atomic mass is 10.2. The van der Waals surface area contributed by atoms with Crippen LogP contribution in [0.3, 0.4) is 0 Å². The first kappa shape index (κ1) is 14.9. The number of carbonyl (C=O) groups is 1. The number of nitrogens with one attached hydrogen (secondary N) is 3. The number of amides is 1. The number of phenols is 1. The van der Waals surface area contributed by atoms with E-state index >= 15 is 0 Å². The lowest BCUT2D eigenvalue weighted by Gasteiger charge is -2.10. The van der Waals surface area contributed by atoms with E-state index in [0.29, 0.717) is 11.3 Å². The summed E-state index contributed by atoms with van der Waals surface area (Å²) >= 11 is 1.56. The van der Waals surface area contributed by atoms with Crippen LogP contribution in [0.5, 0.6) is 5.75 Å². The summed E-state index contributed by atoms with van der Waals surface area (Å²) in [6.45, 7) is 3.81. The van der Waals surface area contributed by atoms with Crippen LogP contribution in [0.25, 0.3) is 16.3 Å². The molecular weight excluding hydrogens is 312 g/mol. The van der Waals surface area contributed by atoms with E-state index < -0.39 is 0 Å². The van der Waals surface area contributed by atoms with Gasteiger partial charge in [0, 0.05) is 5.56 Å². The molecule has 0 aliphatic carbocycles. The first-order valence-electron chi connectivity index (χ1n) is 6.77. The Morgan fingerprint density at radius 1 is 1.22 bits per heavy atom. The van der Waals surface area contributed by atoms with Gasteiger partial charge in [0.15, 0.2) is 5.69 Å². The maximum Gasteiger partial charge on any atom is 0.290 e. The molecule has 6 nitrogen and oxygen atoms in total. The molecule has 3 aromatic rings. The number of thiophene rings is 1. The van der Waals surface area contributed by atoms with Gasteiger partial charge >= 0.3 is 0 Å². The molecular formula is C16H14N4O2S. The summed E-state index contributed by atoms with van der Waals surface area (Å²) in [7, 11) is 0. The lowest BCUT2D eigenvalue weighted by Crippen LogP contribution is -2.36. The fourth-order valence-corrected chi connectivity index (χ4v) is 2.65. The van der Waals surface area contributed by atoms with Gasteiger partial charge in [0.05, 0.1) is 16.3 Å². The number of hydrazine groups is 1. The van der Waals surface area contributed by atoms with Gasteiger partial charge in [-0.15, -0.1) is 11.3 Å². The van der Waals surface area contributed by atoms with E-state index in [1.807, 2.05) is 17.5 Å². The van der Waals surface area contributed by atoms with Gasteiger partial charge in [-0.2, -0.15) is 5.10 Å².